The molecule has 0 spiro atoms. The van der Waals surface area contributed by atoms with Crippen molar-refractivity contribution in [2.75, 3.05) is 0 Å². The summed E-state index contributed by atoms with van der Waals surface area (Å²) in [5.41, 5.74) is 2.14. The molecule has 1 N–H and O–H groups in total. The Bertz CT molecular complexity index is 938. The van der Waals surface area contributed by atoms with E-state index in [1.165, 1.54) is 24.0 Å². The van der Waals surface area contributed by atoms with E-state index in [1.807, 2.05) is 24.3 Å². The number of nitrogens with zero attached hydrogens (tertiary/aromatic N) is 2. The molecule has 0 saturated heterocycles. The molecule has 122 valence electrons. The highest BCUT2D eigenvalue weighted by Crippen LogP contribution is 2.25. The van der Waals surface area contributed by atoms with Gasteiger partial charge in [0.1, 0.15) is 12.0 Å². The van der Waals surface area contributed by atoms with E-state index in [-0.39, 0.29) is 5.78 Å². The standard InChI is InChI=1S/C15H9N3O2S.C3H8/c19-13(10-7-17-11-4-2-1-3-9(10)11)15-18-12(8-21-15)14-16-5-6-20-14;1-3-2/h1-8,17H;3H2,1-2H3. The maximum absolute atomic E-state index is 12.6. The molecule has 3 aromatic heterocycles. The summed E-state index contributed by atoms with van der Waals surface area (Å²) in [5, 5.41) is 3.09. The minimum Gasteiger partial charge on any atom is -0.443 e. The Hall–Kier alpha value is -2.73. The van der Waals surface area contributed by atoms with Crippen molar-refractivity contribution >= 4 is 28.0 Å². The molecule has 0 aliphatic rings. The predicted octanol–water partition coefficient (Wildman–Crippen LogP) is 4.93. The van der Waals surface area contributed by atoms with E-state index in [4.69, 9.17) is 4.42 Å². The van der Waals surface area contributed by atoms with E-state index in [0.29, 0.717) is 22.2 Å². The van der Waals surface area contributed by atoms with Crippen LogP contribution in [0.4, 0.5) is 0 Å². The number of rotatable bonds is 3. The van der Waals surface area contributed by atoms with Crippen LogP contribution in [-0.4, -0.2) is 20.7 Å². The molecule has 0 fully saturated rings. The van der Waals surface area contributed by atoms with Crippen LogP contribution in [0.1, 0.15) is 35.6 Å². The molecule has 3 heterocycles. The molecule has 1 aromatic carbocycles. The molecule has 4 aromatic rings. The molecule has 4 rings (SSSR count). The number of hydrogen-bond acceptors (Lipinski definition) is 5. The van der Waals surface area contributed by atoms with Crippen LogP contribution in [0.2, 0.25) is 0 Å². The van der Waals surface area contributed by atoms with Crippen molar-refractivity contribution in [3.8, 4) is 11.6 Å². The predicted molar refractivity (Wildman–Crippen MR) is 95.3 cm³/mol. The third kappa shape index (κ3) is 3.14. The molecule has 6 heteroatoms. The second-order valence-electron chi connectivity index (χ2n) is 5.16. The molecule has 0 aliphatic carbocycles. The third-order valence-corrected chi connectivity index (χ3v) is 4.02. The Labute approximate surface area is 143 Å². The van der Waals surface area contributed by atoms with Gasteiger partial charge >= 0.3 is 0 Å². The zero-order chi connectivity index (χ0) is 16.9. The number of oxazole rings is 1. The summed E-state index contributed by atoms with van der Waals surface area (Å²) >= 11 is 1.29. The number of thiazole rings is 1. The second-order valence-corrected chi connectivity index (χ2v) is 6.02. The molecule has 0 saturated carbocycles. The van der Waals surface area contributed by atoms with Gasteiger partial charge in [0, 0.05) is 22.5 Å². The van der Waals surface area contributed by atoms with Crippen LogP contribution in [0.15, 0.2) is 52.7 Å². The zero-order valence-electron chi connectivity index (χ0n) is 13.4. The lowest BCUT2D eigenvalue weighted by Gasteiger charge is -1.94. The van der Waals surface area contributed by atoms with Crippen LogP contribution in [0.3, 0.4) is 0 Å². The summed E-state index contributed by atoms with van der Waals surface area (Å²) in [4.78, 5) is 24.0. The average molecular weight is 339 g/mol. The van der Waals surface area contributed by atoms with Crippen molar-refractivity contribution in [3.63, 3.8) is 0 Å². The molecular weight excluding hydrogens is 322 g/mol. The number of benzene rings is 1. The highest BCUT2D eigenvalue weighted by molar-refractivity contribution is 7.12. The molecule has 0 radical (unpaired) electrons. The number of aromatic nitrogens is 3. The highest BCUT2D eigenvalue weighted by Gasteiger charge is 2.18. The van der Waals surface area contributed by atoms with Crippen molar-refractivity contribution < 1.29 is 9.21 Å². The fourth-order valence-electron chi connectivity index (χ4n) is 2.20. The number of fused-ring (bicyclic) bond motifs is 1. The number of para-hydroxylation sites is 1. The summed E-state index contributed by atoms with van der Waals surface area (Å²) in [6, 6.07) is 7.69. The molecule has 24 heavy (non-hydrogen) atoms. The van der Waals surface area contributed by atoms with Crippen LogP contribution >= 0.6 is 11.3 Å². The van der Waals surface area contributed by atoms with E-state index in [9.17, 15) is 4.79 Å². The monoisotopic (exact) mass is 339 g/mol. The number of carbonyl (C=O) groups excluding carboxylic acids is 1. The largest absolute Gasteiger partial charge is 0.443 e. The van der Waals surface area contributed by atoms with Crippen molar-refractivity contribution in [2.24, 2.45) is 0 Å². The number of ketones is 1. The van der Waals surface area contributed by atoms with Gasteiger partial charge in [-0.3, -0.25) is 4.79 Å². The molecule has 0 unspecified atom stereocenters. The number of nitrogens with one attached hydrogen (secondary N) is 1. The molecule has 0 amide bonds. The van der Waals surface area contributed by atoms with Crippen molar-refractivity contribution in [1.29, 1.82) is 0 Å². The van der Waals surface area contributed by atoms with Gasteiger partial charge < -0.3 is 9.40 Å². The molecule has 5 nitrogen and oxygen atoms in total. The van der Waals surface area contributed by atoms with Gasteiger partial charge in [-0.25, -0.2) is 9.97 Å². The van der Waals surface area contributed by atoms with Crippen LogP contribution in [0.5, 0.6) is 0 Å². The topological polar surface area (TPSA) is 71.8 Å². The van der Waals surface area contributed by atoms with Crippen molar-refractivity contribution in [3.05, 3.63) is 58.9 Å². The first kappa shape index (κ1) is 16.1. The van der Waals surface area contributed by atoms with Gasteiger partial charge in [-0.05, 0) is 6.07 Å². The van der Waals surface area contributed by atoms with Gasteiger partial charge in [0.05, 0.1) is 11.8 Å². The number of carbonyl (C=O) groups is 1. The van der Waals surface area contributed by atoms with Crippen LogP contribution in [0.25, 0.3) is 22.5 Å². The fraction of sp³-hybridized carbons (Fsp3) is 0.167. The smallest absolute Gasteiger partial charge is 0.245 e. The lowest BCUT2D eigenvalue weighted by atomic mass is 10.1. The summed E-state index contributed by atoms with van der Waals surface area (Å²) in [5.74, 6) is 0.319. The van der Waals surface area contributed by atoms with E-state index < -0.39 is 0 Å². The third-order valence-electron chi connectivity index (χ3n) is 3.18. The molecular formula is C18H17N3O2S. The molecule has 0 aliphatic heterocycles. The fourth-order valence-corrected chi connectivity index (χ4v) is 2.95. The van der Waals surface area contributed by atoms with Gasteiger partial charge in [-0.1, -0.05) is 38.5 Å². The summed E-state index contributed by atoms with van der Waals surface area (Å²) in [7, 11) is 0. The van der Waals surface area contributed by atoms with Crippen LogP contribution in [0, 0.1) is 0 Å². The van der Waals surface area contributed by atoms with Gasteiger partial charge in [-0.15, -0.1) is 11.3 Å². The normalized spacial score (nSPS) is 10.4. The molecule has 0 atom stereocenters. The van der Waals surface area contributed by atoms with Gasteiger partial charge in [0.25, 0.3) is 0 Å². The Balaban J connectivity index is 0.000000526. The minimum atomic E-state index is -0.102. The number of hydrogen-bond donors (Lipinski definition) is 1. The first-order valence-corrected chi connectivity index (χ1v) is 8.58. The van der Waals surface area contributed by atoms with E-state index in [2.05, 4.69) is 28.8 Å². The Morgan fingerprint density at radius 1 is 1.29 bits per heavy atom. The Morgan fingerprint density at radius 2 is 2.08 bits per heavy atom. The second kappa shape index (κ2) is 7.23. The lowest BCUT2D eigenvalue weighted by Crippen LogP contribution is -1.99. The summed E-state index contributed by atoms with van der Waals surface area (Å²) in [6.45, 7) is 4.25. The van der Waals surface area contributed by atoms with Crippen LogP contribution < -0.4 is 0 Å². The van der Waals surface area contributed by atoms with E-state index in [1.54, 1.807) is 17.8 Å². The minimum absolute atomic E-state index is 0.102. The maximum atomic E-state index is 12.6. The maximum Gasteiger partial charge on any atom is 0.245 e. The van der Waals surface area contributed by atoms with E-state index in [0.717, 1.165) is 10.9 Å². The highest BCUT2D eigenvalue weighted by atomic mass is 32.1. The molecule has 0 bridgehead atoms. The number of aromatic amines is 1. The Morgan fingerprint density at radius 3 is 2.83 bits per heavy atom. The zero-order valence-corrected chi connectivity index (χ0v) is 14.3. The first-order chi connectivity index (χ1) is 11.7. The average Bonchev–Trinajstić information content (AvgIpc) is 3.33. The SMILES string of the molecule is CCC.O=C(c1nc(-c2ncco2)cs1)c1c[nH]c2ccccc12. The van der Waals surface area contributed by atoms with Gasteiger partial charge in [0.2, 0.25) is 11.7 Å². The number of H-pyrrole nitrogens is 1. The first-order valence-electron chi connectivity index (χ1n) is 7.70. The van der Waals surface area contributed by atoms with Crippen molar-refractivity contribution in [1.82, 2.24) is 15.0 Å². The summed E-state index contributed by atoms with van der Waals surface area (Å²) < 4.78 is 5.19. The van der Waals surface area contributed by atoms with Crippen molar-refractivity contribution in [2.45, 2.75) is 20.3 Å². The van der Waals surface area contributed by atoms with Gasteiger partial charge in [0.15, 0.2) is 5.01 Å². The van der Waals surface area contributed by atoms with E-state index >= 15 is 0 Å². The van der Waals surface area contributed by atoms with Crippen LogP contribution in [-0.2, 0) is 0 Å². The summed E-state index contributed by atoms with van der Waals surface area (Å²) in [6.07, 6.45) is 6.00. The Kier molecular flexibility index (Phi) is 4.86. The van der Waals surface area contributed by atoms with Gasteiger partial charge in [-0.2, -0.15) is 0 Å². The lowest BCUT2D eigenvalue weighted by molar-refractivity contribution is 0.104. The quantitative estimate of drug-likeness (QED) is 0.537.